The molecule has 0 spiro atoms. The summed E-state index contributed by atoms with van der Waals surface area (Å²) in [7, 11) is 0. The molecule has 0 fully saturated rings. The second kappa shape index (κ2) is 11.2. The third-order valence-corrected chi connectivity index (χ3v) is 11.6. The SMILES string of the molecule is c1cc2cscc2s1.c1cc2cscc2s1.c1cc2cscc2s1.c1cc2cscc2s1. The summed E-state index contributed by atoms with van der Waals surface area (Å²) in [6, 6.07) is 8.60. The largest absolute Gasteiger partial charge is 0.150 e. The van der Waals surface area contributed by atoms with Crippen LogP contribution in [0.3, 0.4) is 0 Å². The van der Waals surface area contributed by atoms with Gasteiger partial charge in [-0.15, -0.1) is 45.3 Å². The van der Waals surface area contributed by atoms with Crippen molar-refractivity contribution in [1.82, 2.24) is 0 Å². The van der Waals surface area contributed by atoms with Gasteiger partial charge in [0.2, 0.25) is 0 Å². The summed E-state index contributed by atoms with van der Waals surface area (Å²) < 4.78 is 5.65. The highest BCUT2D eigenvalue weighted by molar-refractivity contribution is 7.22. The molecule has 8 aromatic heterocycles. The van der Waals surface area contributed by atoms with Crippen LogP contribution in [0.25, 0.3) is 40.3 Å². The second-order valence-electron chi connectivity index (χ2n) is 6.45. The van der Waals surface area contributed by atoms with E-state index in [1.807, 2.05) is 0 Å². The third-order valence-electron chi connectivity index (χ3n) is 4.39. The zero-order valence-corrected chi connectivity index (χ0v) is 23.0. The van der Waals surface area contributed by atoms with E-state index in [4.69, 9.17) is 0 Å². The molecule has 8 rings (SSSR count). The number of rotatable bonds is 0. The van der Waals surface area contributed by atoms with E-state index >= 15 is 0 Å². The van der Waals surface area contributed by atoms with E-state index < -0.39 is 0 Å². The summed E-state index contributed by atoms with van der Waals surface area (Å²) in [6.07, 6.45) is 0. The first-order valence-electron chi connectivity index (χ1n) is 9.44. The lowest BCUT2D eigenvalue weighted by molar-refractivity contribution is 2.18. The molecule has 0 saturated carbocycles. The molecule has 0 bridgehead atoms. The smallest absolute Gasteiger partial charge is 0.0449 e. The van der Waals surface area contributed by atoms with Crippen LogP contribution in [-0.2, 0) is 0 Å². The van der Waals surface area contributed by atoms with Crippen molar-refractivity contribution < 1.29 is 0 Å². The highest BCUT2D eigenvalue weighted by Gasteiger charge is 1.92. The van der Waals surface area contributed by atoms with Crippen LogP contribution < -0.4 is 0 Å². The van der Waals surface area contributed by atoms with Gasteiger partial charge in [-0.25, -0.2) is 0 Å². The van der Waals surface area contributed by atoms with Crippen LogP contribution >= 0.6 is 90.7 Å². The fraction of sp³-hybridized carbons (Fsp3) is 0. The van der Waals surface area contributed by atoms with E-state index in [1.165, 1.54) is 40.3 Å². The Balaban J connectivity index is 0.0000000900. The predicted molar refractivity (Wildman–Crippen MR) is 159 cm³/mol. The lowest BCUT2D eigenvalue weighted by atomic mass is 10.4. The molecule has 160 valence electrons. The molecule has 0 aromatic carbocycles. The molecule has 0 atom stereocenters. The minimum Gasteiger partial charge on any atom is -0.150 e. The van der Waals surface area contributed by atoms with Gasteiger partial charge in [0, 0.05) is 61.9 Å². The first-order chi connectivity index (χ1) is 15.9. The van der Waals surface area contributed by atoms with Crippen molar-refractivity contribution in [3.63, 3.8) is 0 Å². The Bertz CT molecular complexity index is 1150. The third kappa shape index (κ3) is 5.58. The molecule has 0 nitrogen and oxygen atoms in total. The molecule has 0 radical (unpaired) electrons. The standard InChI is InChI=1S/4C6H4S2/c4*1-2-8-6-4-7-3-5(1)6/h4*1-4H. The Morgan fingerprint density at radius 3 is 0.781 bits per heavy atom. The molecule has 0 saturated heterocycles. The molecular formula is C24H16S8. The van der Waals surface area contributed by atoms with Crippen molar-refractivity contribution in [3.8, 4) is 0 Å². The fourth-order valence-electron chi connectivity index (χ4n) is 2.77. The minimum atomic E-state index is 1.39. The topological polar surface area (TPSA) is 0 Å². The Kier molecular flexibility index (Phi) is 7.84. The van der Waals surface area contributed by atoms with Gasteiger partial charge in [0.1, 0.15) is 0 Å². The molecule has 8 heteroatoms. The van der Waals surface area contributed by atoms with Crippen molar-refractivity contribution in [2.45, 2.75) is 0 Å². The molecule has 0 unspecified atom stereocenters. The zero-order chi connectivity index (χ0) is 21.6. The van der Waals surface area contributed by atoms with Crippen LogP contribution in [0, 0.1) is 0 Å². The highest BCUT2D eigenvalue weighted by Crippen LogP contribution is 2.25. The molecule has 0 aliphatic carbocycles. The monoisotopic (exact) mass is 560 g/mol. The highest BCUT2D eigenvalue weighted by atomic mass is 32.1. The average Bonchev–Trinajstić information content (AvgIpc) is 3.57. The summed E-state index contributed by atoms with van der Waals surface area (Å²) in [5, 5.41) is 31.5. The lowest BCUT2D eigenvalue weighted by Gasteiger charge is -1.63. The first-order valence-corrected chi connectivity index (χ1v) is 16.7. The first kappa shape index (κ1) is 22.4. The van der Waals surface area contributed by atoms with Gasteiger partial charge in [-0.1, -0.05) is 0 Å². The van der Waals surface area contributed by atoms with Gasteiger partial charge in [0.15, 0.2) is 0 Å². The Labute approximate surface area is 217 Å². The van der Waals surface area contributed by atoms with Gasteiger partial charge in [-0.05, 0) is 67.3 Å². The zero-order valence-electron chi connectivity index (χ0n) is 16.5. The van der Waals surface area contributed by atoms with Crippen LogP contribution in [0.1, 0.15) is 0 Å². The summed E-state index contributed by atoms with van der Waals surface area (Å²) in [5.41, 5.74) is 0. The van der Waals surface area contributed by atoms with Crippen molar-refractivity contribution in [2.75, 3.05) is 0 Å². The molecule has 0 aliphatic rings. The van der Waals surface area contributed by atoms with Crippen LogP contribution in [0.15, 0.2) is 88.8 Å². The maximum absolute atomic E-state index is 2.18. The van der Waals surface area contributed by atoms with Gasteiger partial charge in [0.25, 0.3) is 0 Å². The fourth-order valence-corrected chi connectivity index (χ4v) is 9.84. The predicted octanol–water partition coefficient (Wildman–Crippen LogP) is 11.9. The van der Waals surface area contributed by atoms with Crippen molar-refractivity contribution in [3.05, 3.63) is 88.8 Å². The summed E-state index contributed by atoms with van der Waals surface area (Å²) >= 11 is 14.3. The molecule has 32 heavy (non-hydrogen) atoms. The van der Waals surface area contributed by atoms with Gasteiger partial charge in [-0.3, -0.25) is 0 Å². The van der Waals surface area contributed by atoms with Crippen LogP contribution in [0.2, 0.25) is 0 Å². The van der Waals surface area contributed by atoms with Gasteiger partial charge >= 0.3 is 0 Å². The Hall–Kier alpha value is -1.36. The molecule has 0 N–H and O–H groups in total. The maximum atomic E-state index is 2.18. The van der Waals surface area contributed by atoms with Crippen molar-refractivity contribution in [1.29, 1.82) is 0 Å². The van der Waals surface area contributed by atoms with Crippen molar-refractivity contribution in [2.24, 2.45) is 0 Å². The average molecular weight is 561 g/mol. The van der Waals surface area contributed by atoms with E-state index in [0.29, 0.717) is 0 Å². The van der Waals surface area contributed by atoms with Gasteiger partial charge in [0.05, 0.1) is 0 Å². The number of thiophene rings is 8. The van der Waals surface area contributed by atoms with E-state index in [-0.39, 0.29) is 0 Å². The molecule has 0 amide bonds. The van der Waals surface area contributed by atoms with E-state index in [0.717, 1.165) is 0 Å². The Morgan fingerprint density at radius 2 is 0.562 bits per heavy atom. The normalized spacial score (nSPS) is 10.5. The van der Waals surface area contributed by atoms with Crippen molar-refractivity contribution >= 4 is 131 Å². The molecule has 8 heterocycles. The lowest BCUT2D eigenvalue weighted by Crippen LogP contribution is -1.36. The number of hydrogen-bond donors (Lipinski definition) is 0. The van der Waals surface area contributed by atoms with Gasteiger partial charge < -0.3 is 0 Å². The van der Waals surface area contributed by atoms with E-state index in [9.17, 15) is 0 Å². The van der Waals surface area contributed by atoms with Crippen LogP contribution in [-0.4, -0.2) is 0 Å². The second-order valence-corrected chi connectivity index (χ2v) is 13.2. The molecule has 8 aromatic rings. The van der Waals surface area contributed by atoms with Crippen LogP contribution in [0.5, 0.6) is 0 Å². The number of fused-ring (bicyclic) bond motifs is 4. The van der Waals surface area contributed by atoms with Gasteiger partial charge in [-0.2, -0.15) is 45.3 Å². The summed E-state index contributed by atoms with van der Waals surface area (Å²) in [5.74, 6) is 0. The van der Waals surface area contributed by atoms with E-state index in [2.05, 4.69) is 88.8 Å². The van der Waals surface area contributed by atoms with E-state index in [1.54, 1.807) is 90.7 Å². The Morgan fingerprint density at radius 1 is 0.312 bits per heavy atom. The quantitative estimate of drug-likeness (QED) is 0.173. The summed E-state index contributed by atoms with van der Waals surface area (Å²) in [4.78, 5) is 0. The number of hydrogen-bond acceptors (Lipinski definition) is 8. The minimum absolute atomic E-state index is 1.39. The molecular weight excluding hydrogens is 545 g/mol. The maximum Gasteiger partial charge on any atom is 0.0449 e. The van der Waals surface area contributed by atoms with Crippen LogP contribution in [0.4, 0.5) is 0 Å². The summed E-state index contributed by atoms with van der Waals surface area (Å²) in [6.45, 7) is 0. The molecule has 0 aliphatic heterocycles.